The largest absolute Gasteiger partial charge is 0.493 e. The molecule has 9 heteroatoms. The third kappa shape index (κ3) is 5.98. The number of anilines is 1. The van der Waals surface area contributed by atoms with E-state index in [4.69, 9.17) is 9.47 Å². The molecule has 9 nitrogen and oxygen atoms in total. The Kier molecular flexibility index (Phi) is 8.76. The van der Waals surface area contributed by atoms with Crippen molar-refractivity contribution in [1.29, 1.82) is 0 Å². The Balaban J connectivity index is 1.29. The van der Waals surface area contributed by atoms with E-state index in [1.807, 2.05) is 109 Å². The van der Waals surface area contributed by atoms with Crippen LogP contribution in [0, 0.1) is 11.8 Å². The number of imide groups is 1. The molecule has 0 saturated carbocycles. The zero-order chi connectivity index (χ0) is 34.0. The molecule has 5 aromatic rings. The van der Waals surface area contributed by atoms with Crippen LogP contribution in [-0.4, -0.2) is 53.5 Å². The number of carboxylic acid groups (broad SMARTS) is 1. The van der Waals surface area contributed by atoms with E-state index in [0.717, 1.165) is 27.6 Å². The van der Waals surface area contributed by atoms with Crippen LogP contribution in [0.2, 0.25) is 0 Å². The third-order valence-corrected chi connectivity index (χ3v) is 9.65. The molecule has 0 spiro atoms. The van der Waals surface area contributed by atoms with Gasteiger partial charge in [0.25, 0.3) is 0 Å². The van der Waals surface area contributed by atoms with E-state index in [9.17, 15) is 19.5 Å². The molecule has 2 aliphatic rings. The zero-order valence-electron chi connectivity index (χ0n) is 27.0. The van der Waals surface area contributed by atoms with Crippen molar-refractivity contribution in [3.05, 3.63) is 138 Å². The first-order valence-electron chi connectivity index (χ1n) is 16.4. The highest BCUT2D eigenvalue weighted by molar-refractivity contribution is 6.09. The molecule has 2 fully saturated rings. The standard InChI is InChI=1S/C40H37N3O6/c1-48-32-18-10-17-31(36(32)49-25-26-11-4-2-5-12-26)35-33-34(38(45)43(37(33)44)22-21-41-30-15-6-3-7-16-30)40(42-35,39(46)47)24-27-19-20-28-13-8-9-14-29(28)23-27/h2-20,23,33-35,41-42H,21-22,24-25H2,1H3,(H,46,47). The lowest BCUT2D eigenvalue weighted by Crippen LogP contribution is -2.57. The number of aliphatic carboxylic acids is 1. The van der Waals surface area contributed by atoms with E-state index in [1.165, 1.54) is 12.0 Å². The van der Waals surface area contributed by atoms with Gasteiger partial charge in [-0.3, -0.25) is 24.6 Å². The van der Waals surface area contributed by atoms with Gasteiger partial charge in [-0.1, -0.05) is 103 Å². The normalized spacial score (nSPS) is 21.5. The average Bonchev–Trinajstić information content (AvgIpc) is 3.60. The highest BCUT2D eigenvalue weighted by Crippen LogP contribution is 2.52. The number of fused-ring (bicyclic) bond motifs is 2. The second kappa shape index (κ2) is 13.4. The molecule has 0 aromatic heterocycles. The number of benzene rings is 5. The number of amides is 2. The summed E-state index contributed by atoms with van der Waals surface area (Å²) in [7, 11) is 1.53. The quantitative estimate of drug-likeness (QED) is 0.143. The van der Waals surface area contributed by atoms with Crippen molar-refractivity contribution >= 4 is 34.2 Å². The number of rotatable bonds is 12. The predicted molar refractivity (Wildman–Crippen MR) is 186 cm³/mol. The minimum atomic E-state index is -1.79. The Hall–Kier alpha value is -5.67. The molecule has 4 atom stereocenters. The molecule has 2 heterocycles. The average molecular weight is 656 g/mol. The van der Waals surface area contributed by atoms with Gasteiger partial charge >= 0.3 is 5.97 Å². The van der Waals surface area contributed by atoms with Crippen LogP contribution >= 0.6 is 0 Å². The number of carboxylic acids is 1. The van der Waals surface area contributed by atoms with E-state index in [-0.39, 0.29) is 19.6 Å². The lowest BCUT2D eigenvalue weighted by atomic mass is 9.76. The Morgan fingerprint density at radius 3 is 2.29 bits per heavy atom. The number of methoxy groups -OCH3 is 1. The number of nitrogens with one attached hydrogen (secondary N) is 2. The summed E-state index contributed by atoms with van der Waals surface area (Å²) in [5.74, 6) is -3.45. The van der Waals surface area contributed by atoms with Crippen LogP contribution < -0.4 is 20.1 Å². The maximum Gasteiger partial charge on any atom is 0.325 e. The van der Waals surface area contributed by atoms with E-state index in [2.05, 4.69) is 10.6 Å². The minimum absolute atomic E-state index is 0.00979. The number of carbonyl (C=O) groups is 3. The lowest BCUT2D eigenvalue weighted by molar-refractivity contribution is -0.151. The van der Waals surface area contributed by atoms with E-state index in [0.29, 0.717) is 23.6 Å². The second-order valence-corrected chi connectivity index (χ2v) is 12.5. The van der Waals surface area contributed by atoms with Crippen LogP contribution in [0.15, 0.2) is 121 Å². The van der Waals surface area contributed by atoms with Crippen molar-refractivity contribution in [2.75, 3.05) is 25.5 Å². The SMILES string of the molecule is COc1cccc(C2NC(Cc3ccc4ccccc4c3)(C(=O)O)C3C(=O)N(CCNc4ccccc4)C(=O)C23)c1OCc1ccccc1. The van der Waals surface area contributed by atoms with Crippen LogP contribution in [0.4, 0.5) is 5.69 Å². The van der Waals surface area contributed by atoms with E-state index in [1.54, 1.807) is 12.1 Å². The van der Waals surface area contributed by atoms with E-state index >= 15 is 0 Å². The Labute approximate surface area is 284 Å². The van der Waals surface area contributed by atoms with Gasteiger partial charge in [-0.2, -0.15) is 0 Å². The van der Waals surface area contributed by atoms with Gasteiger partial charge in [-0.25, -0.2) is 0 Å². The second-order valence-electron chi connectivity index (χ2n) is 12.5. The highest BCUT2D eigenvalue weighted by atomic mass is 16.5. The Bertz CT molecular complexity index is 2000. The summed E-state index contributed by atoms with van der Waals surface area (Å²) < 4.78 is 12.1. The number of para-hydroxylation sites is 2. The smallest absolute Gasteiger partial charge is 0.325 e. The van der Waals surface area contributed by atoms with Crippen LogP contribution in [0.3, 0.4) is 0 Å². The molecule has 0 aliphatic carbocycles. The molecular weight excluding hydrogens is 618 g/mol. The molecule has 248 valence electrons. The fourth-order valence-corrected chi connectivity index (χ4v) is 7.35. The summed E-state index contributed by atoms with van der Waals surface area (Å²) >= 11 is 0. The topological polar surface area (TPSA) is 117 Å². The maximum absolute atomic E-state index is 14.4. The number of hydrogen-bond acceptors (Lipinski definition) is 7. The van der Waals surface area contributed by atoms with Gasteiger partial charge in [0.1, 0.15) is 12.1 Å². The molecule has 2 saturated heterocycles. The van der Waals surface area contributed by atoms with Crippen LogP contribution in [0.1, 0.15) is 22.7 Å². The minimum Gasteiger partial charge on any atom is -0.493 e. The van der Waals surface area contributed by atoms with Gasteiger partial charge in [0.2, 0.25) is 11.8 Å². The zero-order valence-corrected chi connectivity index (χ0v) is 27.0. The first-order valence-corrected chi connectivity index (χ1v) is 16.4. The van der Waals surface area contributed by atoms with Crippen LogP contribution in [0.5, 0.6) is 11.5 Å². The number of nitrogens with zero attached hydrogens (tertiary/aromatic N) is 1. The van der Waals surface area contributed by atoms with Gasteiger partial charge in [-0.15, -0.1) is 0 Å². The lowest BCUT2D eigenvalue weighted by Gasteiger charge is -2.32. The number of carbonyl (C=O) groups excluding carboxylic acids is 2. The first kappa shape index (κ1) is 31.9. The Morgan fingerprint density at radius 1 is 0.837 bits per heavy atom. The molecular formula is C40H37N3O6. The number of ether oxygens (including phenoxy) is 2. The fraction of sp³-hybridized carbons (Fsp3) is 0.225. The van der Waals surface area contributed by atoms with Crippen molar-refractivity contribution in [3.8, 4) is 11.5 Å². The van der Waals surface area contributed by atoms with Crippen molar-refractivity contribution in [3.63, 3.8) is 0 Å². The van der Waals surface area contributed by atoms with E-state index < -0.39 is 41.2 Å². The van der Waals surface area contributed by atoms with Gasteiger partial charge < -0.3 is 19.9 Å². The van der Waals surface area contributed by atoms with Crippen LogP contribution in [-0.2, 0) is 27.4 Å². The van der Waals surface area contributed by atoms with Crippen molar-refractivity contribution in [1.82, 2.24) is 10.2 Å². The third-order valence-electron chi connectivity index (χ3n) is 9.65. The first-order chi connectivity index (χ1) is 23.9. The van der Waals surface area contributed by atoms with Crippen LogP contribution in [0.25, 0.3) is 10.8 Å². The van der Waals surface area contributed by atoms with Gasteiger partial charge in [0.15, 0.2) is 11.5 Å². The Morgan fingerprint density at radius 2 is 1.55 bits per heavy atom. The van der Waals surface area contributed by atoms with Gasteiger partial charge in [0.05, 0.1) is 18.9 Å². The molecule has 5 aromatic carbocycles. The highest BCUT2D eigenvalue weighted by Gasteiger charge is 2.68. The van der Waals surface area contributed by atoms with Gasteiger partial charge in [-0.05, 0) is 40.1 Å². The van der Waals surface area contributed by atoms with Gasteiger partial charge in [0, 0.05) is 36.8 Å². The summed E-state index contributed by atoms with van der Waals surface area (Å²) in [6.07, 6.45) is -0.00979. The molecule has 2 amide bonds. The molecule has 3 N–H and O–H groups in total. The summed E-state index contributed by atoms with van der Waals surface area (Å²) in [4.78, 5) is 43.6. The molecule has 4 unspecified atom stereocenters. The summed E-state index contributed by atoms with van der Waals surface area (Å²) in [6, 6.07) is 37.3. The van der Waals surface area contributed by atoms with Crippen molar-refractivity contribution in [2.45, 2.75) is 24.6 Å². The summed E-state index contributed by atoms with van der Waals surface area (Å²) in [5, 5.41) is 19.7. The fourth-order valence-electron chi connectivity index (χ4n) is 7.35. The molecule has 7 rings (SSSR count). The van der Waals surface area contributed by atoms with Crippen molar-refractivity contribution < 1.29 is 29.0 Å². The molecule has 0 radical (unpaired) electrons. The summed E-state index contributed by atoms with van der Waals surface area (Å²) in [6.45, 7) is 0.627. The number of likely N-dealkylation sites (tertiary alicyclic amines) is 1. The van der Waals surface area contributed by atoms with Crippen molar-refractivity contribution in [2.24, 2.45) is 11.8 Å². The number of hydrogen-bond donors (Lipinski definition) is 3. The predicted octanol–water partition coefficient (Wildman–Crippen LogP) is 5.85. The molecule has 0 bridgehead atoms. The molecule has 2 aliphatic heterocycles. The molecule has 49 heavy (non-hydrogen) atoms. The summed E-state index contributed by atoms with van der Waals surface area (Å²) in [5.41, 5.74) is 1.29. The maximum atomic E-state index is 14.4. The monoisotopic (exact) mass is 655 g/mol.